The highest BCUT2D eigenvalue weighted by atomic mass is 16.5. The van der Waals surface area contributed by atoms with Crippen LogP contribution < -0.4 is 0 Å². The first-order valence-corrected chi connectivity index (χ1v) is 6.45. The van der Waals surface area contributed by atoms with Gasteiger partial charge in [0.15, 0.2) is 0 Å². The molecule has 96 valence electrons. The molecule has 0 bridgehead atoms. The van der Waals surface area contributed by atoms with Crippen LogP contribution in [0.15, 0.2) is 42.2 Å². The Bertz CT molecular complexity index is 459. The molecule has 2 nitrogen and oxygen atoms in total. The summed E-state index contributed by atoms with van der Waals surface area (Å²) in [5, 5.41) is 0. The Balaban J connectivity index is 2.37. The van der Waals surface area contributed by atoms with Gasteiger partial charge in [0.2, 0.25) is 0 Å². The van der Waals surface area contributed by atoms with E-state index in [0.717, 1.165) is 6.42 Å². The van der Waals surface area contributed by atoms with Crippen LogP contribution in [-0.4, -0.2) is 5.97 Å². The maximum Gasteiger partial charge on any atom is 0.311 e. The number of carbonyl (C=O) groups is 1. The number of ether oxygens (including phenoxy) is 1. The zero-order valence-electron chi connectivity index (χ0n) is 11.3. The number of carbonyl (C=O) groups excluding carboxylic acids is 1. The van der Waals surface area contributed by atoms with Crippen molar-refractivity contribution >= 4 is 5.97 Å². The van der Waals surface area contributed by atoms with Crippen LogP contribution in [0.4, 0.5) is 0 Å². The van der Waals surface area contributed by atoms with Crippen LogP contribution in [0.5, 0.6) is 0 Å². The summed E-state index contributed by atoms with van der Waals surface area (Å²) in [4.78, 5) is 11.8. The Hall–Kier alpha value is -1.57. The zero-order valence-corrected chi connectivity index (χ0v) is 11.3. The number of hydrogen-bond donors (Lipinski definition) is 0. The molecule has 1 aromatic carbocycles. The van der Waals surface area contributed by atoms with Crippen molar-refractivity contribution in [2.75, 3.05) is 0 Å². The number of esters is 1. The van der Waals surface area contributed by atoms with E-state index in [1.165, 1.54) is 11.1 Å². The van der Waals surface area contributed by atoms with Gasteiger partial charge in [-0.1, -0.05) is 51.1 Å². The second kappa shape index (κ2) is 4.97. The Kier molecular flexibility index (Phi) is 3.55. The average molecular weight is 244 g/mol. The van der Waals surface area contributed by atoms with Crippen molar-refractivity contribution in [1.82, 2.24) is 0 Å². The minimum Gasteiger partial charge on any atom is -0.435 e. The molecule has 0 N–H and O–H groups in total. The van der Waals surface area contributed by atoms with Gasteiger partial charge in [0, 0.05) is 5.41 Å². The second-order valence-corrected chi connectivity index (χ2v) is 5.62. The van der Waals surface area contributed by atoms with Crippen LogP contribution in [-0.2, 0) is 14.9 Å². The van der Waals surface area contributed by atoms with E-state index in [1.54, 1.807) is 6.26 Å². The normalized spacial score (nSPS) is 24.4. The van der Waals surface area contributed by atoms with Crippen molar-refractivity contribution in [3.8, 4) is 0 Å². The monoisotopic (exact) mass is 244 g/mol. The lowest BCUT2D eigenvalue weighted by molar-refractivity contribution is -0.138. The third kappa shape index (κ3) is 2.63. The van der Waals surface area contributed by atoms with Crippen LogP contribution in [0, 0.1) is 5.92 Å². The number of allylic oxidation sites excluding steroid dienone is 1. The number of hydrogen-bond acceptors (Lipinski definition) is 2. The van der Waals surface area contributed by atoms with Crippen molar-refractivity contribution in [2.24, 2.45) is 5.92 Å². The van der Waals surface area contributed by atoms with Gasteiger partial charge in [0.1, 0.15) is 0 Å². The Morgan fingerprint density at radius 1 is 1.17 bits per heavy atom. The maximum atomic E-state index is 11.8. The molecule has 0 spiro atoms. The van der Waals surface area contributed by atoms with E-state index in [-0.39, 0.29) is 11.4 Å². The van der Waals surface area contributed by atoms with E-state index < -0.39 is 0 Å². The van der Waals surface area contributed by atoms with Gasteiger partial charge in [-0.25, -0.2) is 0 Å². The fourth-order valence-electron chi connectivity index (χ4n) is 2.44. The molecule has 0 saturated carbocycles. The van der Waals surface area contributed by atoms with Gasteiger partial charge >= 0.3 is 5.97 Å². The first-order valence-electron chi connectivity index (χ1n) is 6.45. The SMILES string of the molecule is CC(C)C1=COC(=O)C[C@](C)(c2ccccc2)C1. The summed E-state index contributed by atoms with van der Waals surface area (Å²) < 4.78 is 5.19. The molecule has 0 saturated heterocycles. The molecular weight excluding hydrogens is 224 g/mol. The average Bonchev–Trinajstić information content (AvgIpc) is 2.50. The van der Waals surface area contributed by atoms with E-state index in [1.807, 2.05) is 18.2 Å². The summed E-state index contributed by atoms with van der Waals surface area (Å²) >= 11 is 0. The van der Waals surface area contributed by atoms with Crippen LogP contribution in [0.3, 0.4) is 0 Å². The molecule has 1 aliphatic heterocycles. The molecule has 0 fully saturated rings. The van der Waals surface area contributed by atoms with Gasteiger partial charge in [0.05, 0.1) is 12.7 Å². The van der Waals surface area contributed by atoms with E-state index in [4.69, 9.17) is 4.74 Å². The molecule has 1 aromatic rings. The fourth-order valence-corrected chi connectivity index (χ4v) is 2.44. The van der Waals surface area contributed by atoms with Crippen molar-refractivity contribution in [3.05, 3.63) is 47.7 Å². The fraction of sp³-hybridized carbons (Fsp3) is 0.438. The molecule has 0 aromatic heterocycles. The first-order chi connectivity index (χ1) is 8.51. The van der Waals surface area contributed by atoms with Gasteiger partial charge in [-0.3, -0.25) is 4.79 Å². The Morgan fingerprint density at radius 2 is 1.83 bits per heavy atom. The van der Waals surface area contributed by atoms with Gasteiger partial charge in [0.25, 0.3) is 0 Å². The third-order valence-corrected chi connectivity index (χ3v) is 3.68. The summed E-state index contributed by atoms with van der Waals surface area (Å²) in [6.45, 7) is 6.41. The Labute approximate surface area is 109 Å². The molecule has 18 heavy (non-hydrogen) atoms. The predicted octanol–water partition coefficient (Wildman–Crippen LogP) is 3.82. The topological polar surface area (TPSA) is 26.3 Å². The third-order valence-electron chi connectivity index (χ3n) is 3.68. The summed E-state index contributed by atoms with van der Waals surface area (Å²) in [6, 6.07) is 10.2. The molecular formula is C16H20O2. The van der Waals surface area contributed by atoms with Gasteiger partial charge < -0.3 is 4.74 Å². The van der Waals surface area contributed by atoms with Gasteiger partial charge in [-0.15, -0.1) is 0 Å². The molecule has 1 heterocycles. The van der Waals surface area contributed by atoms with Crippen molar-refractivity contribution < 1.29 is 9.53 Å². The summed E-state index contributed by atoms with van der Waals surface area (Å²) in [6.07, 6.45) is 2.96. The molecule has 1 aliphatic rings. The smallest absolute Gasteiger partial charge is 0.311 e. The molecule has 2 rings (SSSR count). The first kappa shape index (κ1) is 12.9. The van der Waals surface area contributed by atoms with E-state index in [9.17, 15) is 4.79 Å². The van der Waals surface area contributed by atoms with Crippen molar-refractivity contribution in [3.63, 3.8) is 0 Å². The van der Waals surface area contributed by atoms with Crippen LogP contribution in [0.2, 0.25) is 0 Å². The summed E-state index contributed by atoms with van der Waals surface area (Å²) in [5.74, 6) is 0.260. The minimum atomic E-state index is -0.162. The predicted molar refractivity (Wildman–Crippen MR) is 72.0 cm³/mol. The van der Waals surface area contributed by atoms with E-state index in [0.29, 0.717) is 12.3 Å². The molecule has 0 amide bonds. The molecule has 2 heteroatoms. The highest BCUT2D eigenvalue weighted by Gasteiger charge is 2.34. The number of benzene rings is 1. The van der Waals surface area contributed by atoms with Gasteiger partial charge in [-0.05, 0) is 23.5 Å². The Morgan fingerprint density at radius 3 is 2.44 bits per heavy atom. The number of cyclic esters (lactones) is 1. The van der Waals surface area contributed by atoms with Crippen LogP contribution in [0.25, 0.3) is 0 Å². The lowest BCUT2D eigenvalue weighted by Crippen LogP contribution is -2.25. The summed E-state index contributed by atoms with van der Waals surface area (Å²) in [7, 11) is 0. The molecule has 0 aliphatic carbocycles. The largest absolute Gasteiger partial charge is 0.435 e. The lowest BCUT2D eigenvalue weighted by Gasteiger charge is -2.29. The quantitative estimate of drug-likeness (QED) is 0.739. The molecule has 0 unspecified atom stereocenters. The minimum absolute atomic E-state index is 0.142. The highest BCUT2D eigenvalue weighted by Crippen LogP contribution is 2.38. The van der Waals surface area contributed by atoms with Crippen molar-refractivity contribution in [1.29, 1.82) is 0 Å². The standard InChI is InChI=1S/C16H20O2/c1-12(2)13-9-16(3,10-15(17)18-11-13)14-7-5-4-6-8-14/h4-8,11-12H,9-10H2,1-3H3/t16-/m1/s1. The highest BCUT2D eigenvalue weighted by molar-refractivity contribution is 5.72. The zero-order chi connectivity index (χ0) is 13.2. The maximum absolute atomic E-state index is 11.8. The van der Waals surface area contributed by atoms with Crippen LogP contribution >= 0.6 is 0 Å². The van der Waals surface area contributed by atoms with Gasteiger partial charge in [-0.2, -0.15) is 0 Å². The number of rotatable bonds is 2. The molecule has 1 atom stereocenters. The van der Waals surface area contributed by atoms with E-state index >= 15 is 0 Å². The van der Waals surface area contributed by atoms with E-state index in [2.05, 4.69) is 32.9 Å². The second-order valence-electron chi connectivity index (χ2n) is 5.62. The summed E-state index contributed by atoms with van der Waals surface area (Å²) in [5.41, 5.74) is 2.24. The molecule has 0 radical (unpaired) electrons. The lowest BCUT2D eigenvalue weighted by atomic mass is 9.73. The van der Waals surface area contributed by atoms with Crippen molar-refractivity contribution in [2.45, 2.75) is 39.0 Å². The van der Waals surface area contributed by atoms with Crippen LogP contribution in [0.1, 0.15) is 39.2 Å².